The molecule has 0 aromatic heterocycles. The van der Waals surface area contributed by atoms with Gasteiger partial charge in [0.1, 0.15) is 12.1 Å². The first-order valence-corrected chi connectivity index (χ1v) is 7.48. The van der Waals surface area contributed by atoms with Crippen molar-refractivity contribution >= 4 is 17.7 Å². The Morgan fingerprint density at radius 3 is 2.94 bits per heavy atom. The number of thioether (sulfide) groups is 1. The van der Waals surface area contributed by atoms with E-state index in [-0.39, 0.29) is 12.1 Å². The van der Waals surface area contributed by atoms with Crippen LogP contribution in [0, 0.1) is 5.92 Å². The van der Waals surface area contributed by atoms with E-state index in [1.165, 1.54) is 12.8 Å². The SMILES string of the molecule is CSCCC(N)C(=O)OC1CCCC(C)C1. The van der Waals surface area contributed by atoms with E-state index in [0.717, 1.165) is 18.6 Å². The summed E-state index contributed by atoms with van der Waals surface area (Å²) in [6.45, 7) is 2.22. The molecule has 3 nitrogen and oxygen atoms in total. The van der Waals surface area contributed by atoms with Gasteiger partial charge in [-0.25, -0.2) is 0 Å². The Labute approximate surface area is 102 Å². The molecule has 0 saturated heterocycles. The molecule has 16 heavy (non-hydrogen) atoms. The Bertz CT molecular complexity index is 223. The summed E-state index contributed by atoms with van der Waals surface area (Å²) in [6.07, 6.45) is 7.26. The predicted molar refractivity (Wildman–Crippen MR) is 68.5 cm³/mol. The van der Waals surface area contributed by atoms with Crippen LogP contribution in [0.2, 0.25) is 0 Å². The number of carbonyl (C=O) groups excluding carboxylic acids is 1. The summed E-state index contributed by atoms with van der Waals surface area (Å²) < 4.78 is 5.45. The number of rotatable bonds is 5. The van der Waals surface area contributed by atoms with Crippen molar-refractivity contribution in [2.24, 2.45) is 11.7 Å². The third-order valence-electron chi connectivity index (χ3n) is 3.11. The molecule has 3 atom stereocenters. The molecule has 0 heterocycles. The monoisotopic (exact) mass is 245 g/mol. The Hall–Kier alpha value is -0.220. The van der Waals surface area contributed by atoms with Crippen LogP contribution in [0.15, 0.2) is 0 Å². The Balaban J connectivity index is 2.26. The lowest BCUT2D eigenvalue weighted by atomic mass is 9.89. The largest absolute Gasteiger partial charge is 0.461 e. The van der Waals surface area contributed by atoms with Crippen LogP contribution in [0.3, 0.4) is 0 Å². The topological polar surface area (TPSA) is 52.3 Å². The molecule has 0 amide bonds. The van der Waals surface area contributed by atoms with E-state index >= 15 is 0 Å². The standard InChI is InChI=1S/C12H23NO2S/c1-9-4-3-5-10(8-9)15-12(14)11(13)6-7-16-2/h9-11H,3-8,13H2,1-2H3. The minimum absolute atomic E-state index is 0.108. The summed E-state index contributed by atoms with van der Waals surface area (Å²) in [5.74, 6) is 1.37. The third-order valence-corrected chi connectivity index (χ3v) is 3.75. The Morgan fingerprint density at radius 1 is 1.56 bits per heavy atom. The average molecular weight is 245 g/mol. The quantitative estimate of drug-likeness (QED) is 0.754. The van der Waals surface area contributed by atoms with E-state index in [9.17, 15) is 4.79 Å². The summed E-state index contributed by atoms with van der Waals surface area (Å²) >= 11 is 1.71. The zero-order valence-corrected chi connectivity index (χ0v) is 11.1. The van der Waals surface area contributed by atoms with Gasteiger partial charge >= 0.3 is 5.97 Å². The van der Waals surface area contributed by atoms with Crippen LogP contribution in [-0.4, -0.2) is 30.1 Å². The molecule has 4 heteroatoms. The molecule has 1 rings (SSSR count). The van der Waals surface area contributed by atoms with Crippen molar-refractivity contribution in [2.75, 3.05) is 12.0 Å². The zero-order chi connectivity index (χ0) is 12.0. The highest BCUT2D eigenvalue weighted by Gasteiger charge is 2.24. The minimum Gasteiger partial charge on any atom is -0.461 e. The van der Waals surface area contributed by atoms with Crippen molar-refractivity contribution in [3.05, 3.63) is 0 Å². The van der Waals surface area contributed by atoms with Gasteiger partial charge in [0.2, 0.25) is 0 Å². The van der Waals surface area contributed by atoms with Crippen LogP contribution in [0.5, 0.6) is 0 Å². The number of esters is 1. The fourth-order valence-electron chi connectivity index (χ4n) is 2.10. The van der Waals surface area contributed by atoms with E-state index < -0.39 is 6.04 Å². The fourth-order valence-corrected chi connectivity index (χ4v) is 2.59. The molecule has 0 spiro atoms. The number of ether oxygens (including phenoxy) is 1. The van der Waals surface area contributed by atoms with Gasteiger partial charge in [-0.3, -0.25) is 4.79 Å². The van der Waals surface area contributed by atoms with Crippen LogP contribution in [0.1, 0.15) is 39.0 Å². The van der Waals surface area contributed by atoms with Crippen molar-refractivity contribution in [3.8, 4) is 0 Å². The Morgan fingerprint density at radius 2 is 2.31 bits per heavy atom. The number of hydrogen-bond acceptors (Lipinski definition) is 4. The third kappa shape index (κ3) is 4.74. The second kappa shape index (κ2) is 7.17. The average Bonchev–Trinajstić information content (AvgIpc) is 2.25. The van der Waals surface area contributed by atoms with Gasteiger partial charge in [-0.2, -0.15) is 11.8 Å². The summed E-state index contributed by atoms with van der Waals surface area (Å²) in [5, 5.41) is 0. The normalized spacial score (nSPS) is 27.4. The minimum atomic E-state index is -0.440. The molecule has 0 bridgehead atoms. The predicted octanol–water partition coefficient (Wildman–Crippen LogP) is 2.19. The molecule has 3 unspecified atom stereocenters. The van der Waals surface area contributed by atoms with E-state index in [2.05, 4.69) is 6.92 Å². The van der Waals surface area contributed by atoms with Gasteiger partial charge < -0.3 is 10.5 Å². The molecule has 0 aromatic rings. The first kappa shape index (κ1) is 13.8. The lowest BCUT2D eigenvalue weighted by Crippen LogP contribution is -2.36. The molecule has 0 aliphatic heterocycles. The lowest BCUT2D eigenvalue weighted by Gasteiger charge is -2.27. The second-order valence-electron chi connectivity index (χ2n) is 4.72. The van der Waals surface area contributed by atoms with Gasteiger partial charge in [-0.15, -0.1) is 0 Å². The van der Waals surface area contributed by atoms with Gasteiger partial charge in [0.25, 0.3) is 0 Å². The summed E-state index contributed by atoms with van der Waals surface area (Å²) in [4.78, 5) is 11.7. The van der Waals surface area contributed by atoms with Crippen molar-refractivity contribution in [3.63, 3.8) is 0 Å². The zero-order valence-electron chi connectivity index (χ0n) is 10.3. The Kier molecular flexibility index (Phi) is 6.21. The first-order valence-electron chi connectivity index (χ1n) is 6.08. The van der Waals surface area contributed by atoms with E-state index in [4.69, 9.17) is 10.5 Å². The van der Waals surface area contributed by atoms with E-state index in [0.29, 0.717) is 12.3 Å². The van der Waals surface area contributed by atoms with Crippen molar-refractivity contribution < 1.29 is 9.53 Å². The van der Waals surface area contributed by atoms with Crippen LogP contribution < -0.4 is 5.73 Å². The highest BCUT2D eigenvalue weighted by Crippen LogP contribution is 2.25. The molecule has 0 aromatic carbocycles. The van der Waals surface area contributed by atoms with Gasteiger partial charge in [0, 0.05) is 0 Å². The van der Waals surface area contributed by atoms with Crippen molar-refractivity contribution in [1.29, 1.82) is 0 Å². The first-order chi connectivity index (χ1) is 7.63. The van der Waals surface area contributed by atoms with Gasteiger partial charge in [0.15, 0.2) is 0 Å². The van der Waals surface area contributed by atoms with E-state index in [1.807, 2.05) is 6.26 Å². The fraction of sp³-hybridized carbons (Fsp3) is 0.917. The maximum absolute atomic E-state index is 11.7. The molecule has 2 N–H and O–H groups in total. The molecule has 1 fully saturated rings. The molecule has 94 valence electrons. The highest BCUT2D eigenvalue weighted by molar-refractivity contribution is 7.98. The van der Waals surface area contributed by atoms with Crippen molar-refractivity contribution in [2.45, 2.75) is 51.2 Å². The second-order valence-corrected chi connectivity index (χ2v) is 5.70. The van der Waals surface area contributed by atoms with Crippen LogP contribution in [0.4, 0.5) is 0 Å². The van der Waals surface area contributed by atoms with Crippen LogP contribution in [-0.2, 0) is 9.53 Å². The lowest BCUT2D eigenvalue weighted by molar-refractivity contribution is -0.152. The summed E-state index contributed by atoms with van der Waals surface area (Å²) in [5.41, 5.74) is 5.77. The molecule has 1 saturated carbocycles. The van der Waals surface area contributed by atoms with E-state index in [1.54, 1.807) is 11.8 Å². The smallest absolute Gasteiger partial charge is 0.323 e. The van der Waals surface area contributed by atoms with Gasteiger partial charge in [-0.1, -0.05) is 13.3 Å². The summed E-state index contributed by atoms with van der Waals surface area (Å²) in [7, 11) is 0. The maximum Gasteiger partial charge on any atom is 0.323 e. The van der Waals surface area contributed by atoms with Gasteiger partial charge in [0.05, 0.1) is 0 Å². The molecular weight excluding hydrogens is 222 g/mol. The molecular formula is C12H23NO2S. The molecule has 0 radical (unpaired) electrons. The van der Waals surface area contributed by atoms with Crippen molar-refractivity contribution in [1.82, 2.24) is 0 Å². The summed E-state index contributed by atoms with van der Waals surface area (Å²) in [6, 6.07) is -0.440. The highest BCUT2D eigenvalue weighted by atomic mass is 32.2. The number of nitrogens with two attached hydrogens (primary N) is 1. The number of hydrogen-bond donors (Lipinski definition) is 1. The molecule has 1 aliphatic carbocycles. The number of carbonyl (C=O) groups is 1. The molecule has 1 aliphatic rings. The van der Waals surface area contributed by atoms with Crippen LogP contribution in [0.25, 0.3) is 0 Å². The van der Waals surface area contributed by atoms with Gasteiger partial charge in [-0.05, 0) is 43.6 Å². The van der Waals surface area contributed by atoms with Crippen LogP contribution >= 0.6 is 11.8 Å². The maximum atomic E-state index is 11.7.